The van der Waals surface area contributed by atoms with Gasteiger partial charge in [-0.3, -0.25) is 0 Å². The summed E-state index contributed by atoms with van der Waals surface area (Å²) in [5.74, 6) is -3.13. The topological polar surface area (TPSA) is 105 Å². The Labute approximate surface area is 190 Å². The highest BCUT2D eigenvalue weighted by molar-refractivity contribution is 5.88. The summed E-state index contributed by atoms with van der Waals surface area (Å²) in [6.07, 6.45) is 3.83. The molecule has 0 unspecified atom stereocenters. The second-order valence-electron chi connectivity index (χ2n) is 6.28. The minimum absolute atomic E-state index is 0.0219. The van der Waals surface area contributed by atoms with Crippen LogP contribution >= 0.6 is 0 Å². The Kier molecular flexibility index (Phi) is 8.22. The molecule has 0 aliphatic heterocycles. The van der Waals surface area contributed by atoms with Crippen molar-refractivity contribution in [3.8, 4) is 34.1 Å². The highest BCUT2D eigenvalue weighted by Gasteiger charge is 2.19. The van der Waals surface area contributed by atoms with Gasteiger partial charge in [0, 0.05) is 24.3 Å². The molecule has 0 atom stereocenters. The summed E-state index contributed by atoms with van der Waals surface area (Å²) in [7, 11) is 0. The Morgan fingerprint density at radius 3 is 1.61 bits per heavy atom. The molecular formula is C25H20O8. The fraction of sp³-hybridized carbons (Fsp3) is 0.0400. The molecule has 0 saturated carbocycles. The second-order valence-corrected chi connectivity index (χ2v) is 6.28. The van der Waals surface area contributed by atoms with Gasteiger partial charge in [-0.1, -0.05) is 32.4 Å². The third-order valence-corrected chi connectivity index (χ3v) is 4.02. The first-order chi connectivity index (χ1) is 15.7. The van der Waals surface area contributed by atoms with Gasteiger partial charge in [-0.2, -0.15) is 0 Å². The molecule has 2 aromatic carbocycles. The molecule has 0 N–H and O–H groups in total. The van der Waals surface area contributed by atoms with Gasteiger partial charge in [0.25, 0.3) is 0 Å². The van der Waals surface area contributed by atoms with E-state index in [2.05, 4.69) is 26.3 Å². The lowest BCUT2D eigenvalue weighted by Gasteiger charge is -2.15. The van der Waals surface area contributed by atoms with Gasteiger partial charge in [-0.15, -0.1) is 0 Å². The number of hydrogen-bond acceptors (Lipinski definition) is 8. The van der Waals surface area contributed by atoms with Crippen LogP contribution in [-0.4, -0.2) is 23.9 Å². The highest BCUT2D eigenvalue weighted by Crippen LogP contribution is 2.39. The summed E-state index contributed by atoms with van der Waals surface area (Å²) < 4.78 is 20.7. The van der Waals surface area contributed by atoms with Crippen molar-refractivity contribution in [1.29, 1.82) is 0 Å². The maximum Gasteiger partial charge on any atom is 0.335 e. The summed E-state index contributed by atoms with van der Waals surface area (Å²) in [5, 5.41) is 0. The predicted octanol–water partition coefficient (Wildman–Crippen LogP) is 4.03. The van der Waals surface area contributed by atoms with Crippen molar-refractivity contribution in [2.24, 2.45) is 0 Å². The summed E-state index contributed by atoms with van der Waals surface area (Å²) in [6.45, 7) is 15.0. The third-order valence-electron chi connectivity index (χ3n) is 4.02. The molecule has 0 aliphatic rings. The number of benzene rings is 2. The summed E-state index contributed by atoms with van der Waals surface area (Å²) in [5.41, 5.74) is 1.47. The van der Waals surface area contributed by atoms with Crippen LogP contribution in [0.2, 0.25) is 0 Å². The van der Waals surface area contributed by atoms with Crippen molar-refractivity contribution < 1.29 is 38.1 Å². The number of esters is 4. The zero-order valence-corrected chi connectivity index (χ0v) is 17.8. The van der Waals surface area contributed by atoms with Crippen LogP contribution in [0.15, 0.2) is 81.0 Å². The highest BCUT2D eigenvalue weighted by atomic mass is 16.6. The van der Waals surface area contributed by atoms with Gasteiger partial charge in [0.1, 0.15) is 0 Å². The molecule has 33 heavy (non-hydrogen) atoms. The SMILES string of the molecule is C=CC(=O)Oc1ccc(-c2cc(C)c(OC(=O)C=C)c(OC(=O)C=C)c2)cc1OC(=O)C=C. The van der Waals surface area contributed by atoms with E-state index in [0.717, 1.165) is 24.3 Å². The van der Waals surface area contributed by atoms with Crippen LogP contribution < -0.4 is 18.9 Å². The lowest BCUT2D eigenvalue weighted by Crippen LogP contribution is -2.10. The fourth-order valence-corrected chi connectivity index (χ4v) is 2.56. The van der Waals surface area contributed by atoms with Crippen LogP contribution in [0.4, 0.5) is 0 Å². The van der Waals surface area contributed by atoms with Crippen molar-refractivity contribution in [1.82, 2.24) is 0 Å². The van der Waals surface area contributed by atoms with Gasteiger partial charge in [-0.25, -0.2) is 19.2 Å². The average Bonchev–Trinajstić information content (AvgIpc) is 2.81. The standard InChI is InChI=1S/C25H20O8/c1-6-21(26)30-18-11-10-16(13-19(18)31-22(27)7-2)17-12-15(5)25(33-24(29)9-4)20(14-17)32-23(28)8-3/h6-14H,1-4H2,5H3. The summed E-state index contributed by atoms with van der Waals surface area (Å²) in [4.78, 5) is 46.9. The Morgan fingerprint density at radius 2 is 1.06 bits per heavy atom. The molecule has 0 spiro atoms. The van der Waals surface area contributed by atoms with Crippen LogP contribution in [-0.2, 0) is 19.2 Å². The van der Waals surface area contributed by atoms with Gasteiger partial charge in [0.2, 0.25) is 0 Å². The quantitative estimate of drug-likeness (QED) is 0.322. The largest absolute Gasteiger partial charge is 0.419 e. The van der Waals surface area contributed by atoms with E-state index in [4.69, 9.17) is 18.9 Å². The number of carbonyl (C=O) groups excluding carboxylic acids is 4. The Hall–Kier alpha value is -4.72. The molecule has 2 aromatic rings. The molecule has 0 bridgehead atoms. The van der Waals surface area contributed by atoms with E-state index in [0.29, 0.717) is 16.7 Å². The number of ether oxygens (including phenoxy) is 4. The molecular weight excluding hydrogens is 428 g/mol. The first-order valence-corrected chi connectivity index (χ1v) is 9.38. The predicted molar refractivity (Wildman–Crippen MR) is 120 cm³/mol. The minimum Gasteiger partial charge on any atom is -0.419 e. The monoisotopic (exact) mass is 448 g/mol. The smallest absolute Gasteiger partial charge is 0.335 e. The van der Waals surface area contributed by atoms with Gasteiger partial charge in [0.05, 0.1) is 0 Å². The normalized spacial score (nSPS) is 9.73. The lowest BCUT2D eigenvalue weighted by atomic mass is 10.0. The van der Waals surface area contributed by atoms with Gasteiger partial charge < -0.3 is 18.9 Å². The number of carbonyl (C=O) groups is 4. The number of hydrogen-bond donors (Lipinski definition) is 0. The van der Waals surface area contributed by atoms with Crippen LogP contribution in [0.1, 0.15) is 5.56 Å². The third kappa shape index (κ3) is 6.38. The molecule has 168 valence electrons. The van der Waals surface area contributed by atoms with E-state index >= 15 is 0 Å². The summed E-state index contributed by atoms with van der Waals surface area (Å²) in [6, 6.07) is 7.54. The molecule has 8 nitrogen and oxygen atoms in total. The lowest BCUT2D eigenvalue weighted by molar-refractivity contribution is -0.131. The molecule has 0 saturated heterocycles. The van der Waals surface area contributed by atoms with E-state index in [1.165, 1.54) is 18.2 Å². The van der Waals surface area contributed by atoms with Gasteiger partial charge in [-0.05, 0) is 47.9 Å². The molecule has 8 heteroatoms. The molecule has 0 fully saturated rings. The van der Waals surface area contributed by atoms with E-state index < -0.39 is 23.9 Å². The maximum atomic E-state index is 11.8. The maximum absolute atomic E-state index is 11.8. The molecule has 0 aliphatic carbocycles. The molecule has 0 radical (unpaired) electrons. The van der Waals surface area contributed by atoms with Crippen molar-refractivity contribution in [2.75, 3.05) is 0 Å². The molecule has 0 heterocycles. The van der Waals surface area contributed by atoms with E-state index in [-0.39, 0.29) is 23.0 Å². The van der Waals surface area contributed by atoms with Gasteiger partial charge in [0.15, 0.2) is 23.0 Å². The van der Waals surface area contributed by atoms with Crippen molar-refractivity contribution >= 4 is 23.9 Å². The first kappa shape index (κ1) is 24.5. The van der Waals surface area contributed by atoms with E-state index in [1.54, 1.807) is 19.1 Å². The van der Waals surface area contributed by atoms with Crippen molar-refractivity contribution in [2.45, 2.75) is 6.92 Å². The second kappa shape index (κ2) is 11.1. The van der Waals surface area contributed by atoms with Crippen LogP contribution in [0.3, 0.4) is 0 Å². The first-order valence-electron chi connectivity index (χ1n) is 9.38. The molecule has 2 rings (SSSR count). The van der Waals surface area contributed by atoms with Crippen LogP contribution in [0.5, 0.6) is 23.0 Å². The molecule has 0 amide bonds. The Bertz CT molecular complexity index is 1170. The summed E-state index contributed by atoms with van der Waals surface area (Å²) >= 11 is 0. The number of aryl methyl sites for hydroxylation is 1. The Morgan fingerprint density at radius 1 is 0.606 bits per heavy atom. The minimum atomic E-state index is -0.772. The van der Waals surface area contributed by atoms with Crippen molar-refractivity contribution in [3.05, 3.63) is 86.5 Å². The molecule has 0 aromatic heterocycles. The van der Waals surface area contributed by atoms with Crippen LogP contribution in [0.25, 0.3) is 11.1 Å². The fourth-order valence-electron chi connectivity index (χ4n) is 2.56. The zero-order chi connectivity index (χ0) is 24.5. The average molecular weight is 448 g/mol. The van der Waals surface area contributed by atoms with E-state index in [1.807, 2.05) is 0 Å². The van der Waals surface area contributed by atoms with Crippen LogP contribution in [0, 0.1) is 6.92 Å². The van der Waals surface area contributed by atoms with Crippen molar-refractivity contribution in [3.63, 3.8) is 0 Å². The van der Waals surface area contributed by atoms with Gasteiger partial charge >= 0.3 is 23.9 Å². The zero-order valence-electron chi connectivity index (χ0n) is 17.8. The number of rotatable bonds is 9. The van der Waals surface area contributed by atoms with E-state index in [9.17, 15) is 19.2 Å². The Balaban J connectivity index is 2.62.